The highest BCUT2D eigenvalue weighted by Gasteiger charge is 2.34. The van der Waals surface area contributed by atoms with Gasteiger partial charge in [0.15, 0.2) is 0 Å². The number of anilines is 1. The van der Waals surface area contributed by atoms with E-state index in [1.54, 1.807) is 6.07 Å². The van der Waals surface area contributed by atoms with Crippen LogP contribution in [-0.4, -0.2) is 41.5 Å². The molecular formula is C14H19ClN2O2S. The van der Waals surface area contributed by atoms with Gasteiger partial charge in [0.1, 0.15) is 4.99 Å². The molecule has 6 heteroatoms. The zero-order valence-corrected chi connectivity index (χ0v) is 13.2. The van der Waals surface area contributed by atoms with Crippen molar-refractivity contribution in [3.05, 3.63) is 28.8 Å². The van der Waals surface area contributed by atoms with Gasteiger partial charge in [0.25, 0.3) is 0 Å². The number of halogens is 1. The van der Waals surface area contributed by atoms with Crippen LogP contribution in [-0.2, 0) is 4.74 Å². The normalized spacial score (nSPS) is 21.8. The number of rotatable bonds is 3. The van der Waals surface area contributed by atoms with Crippen LogP contribution < -0.4 is 10.6 Å². The second kappa shape index (κ2) is 5.85. The van der Waals surface area contributed by atoms with Gasteiger partial charge in [-0.3, -0.25) is 0 Å². The third-order valence-electron chi connectivity index (χ3n) is 3.25. The van der Waals surface area contributed by atoms with Gasteiger partial charge in [-0.1, -0.05) is 23.8 Å². The van der Waals surface area contributed by atoms with Crippen molar-refractivity contribution in [3.63, 3.8) is 0 Å². The van der Waals surface area contributed by atoms with E-state index in [-0.39, 0.29) is 18.3 Å². The van der Waals surface area contributed by atoms with Crippen LogP contribution in [0.5, 0.6) is 0 Å². The summed E-state index contributed by atoms with van der Waals surface area (Å²) < 4.78 is 5.82. The number of aliphatic hydroxyl groups is 1. The smallest absolute Gasteiger partial charge is 0.106 e. The van der Waals surface area contributed by atoms with Crippen molar-refractivity contribution in [1.29, 1.82) is 0 Å². The lowest BCUT2D eigenvalue weighted by atomic mass is 10.0. The van der Waals surface area contributed by atoms with E-state index < -0.39 is 0 Å². The monoisotopic (exact) mass is 314 g/mol. The van der Waals surface area contributed by atoms with Crippen LogP contribution in [0.1, 0.15) is 19.4 Å². The highest BCUT2D eigenvalue weighted by Crippen LogP contribution is 2.30. The molecular weight excluding hydrogens is 296 g/mol. The van der Waals surface area contributed by atoms with E-state index in [0.717, 1.165) is 11.3 Å². The van der Waals surface area contributed by atoms with Crippen LogP contribution in [0, 0.1) is 0 Å². The Labute approximate surface area is 129 Å². The fourth-order valence-electron chi connectivity index (χ4n) is 2.55. The lowest BCUT2D eigenvalue weighted by Crippen LogP contribution is -2.54. The van der Waals surface area contributed by atoms with Crippen LogP contribution in [0.15, 0.2) is 18.2 Å². The molecule has 1 fully saturated rings. The molecule has 4 nitrogen and oxygen atoms in total. The zero-order valence-electron chi connectivity index (χ0n) is 11.6. The predicted octanol–water partition coefficient (Wildman–Crippen LogP) is 1.95. The Morgan fingerprint density at radius 1 is 1.60 bits per heavy atom. The predicted molar refractivity (Wildman–Crippen MR) is 85.6 cm³/mol. The quantitative estimate of drug-likeness (QED) is 0.835. The largest absolute Gasteiger partial charge is 0.394 e. The van der Waals surface area contributed by atoms with Crippen molar-refractivity contribution in [1.82, 2.24) is 0 Å². The summed E-state index contributed by atoms with van der Waals surface area (Å²) >= 11 is 11.2. The van der Waals surface area contributed by atoms with E-state index in [9.17, 15) is 5.11 Å². The zero-order chi connectivity index (χ0) is 14.9. The number of hydrogen-bond acceptors (Lipinski definition) is 4. The summed E-state index contributed by atoms with van der Waals surface area (Å²) in [4.78, 5) is 2.45. The Kier molecular flexibility index (Phi) is 4.54. The summed E-state index contributed by atoms with van der Waals surface area (Å²) in [6, 6.07) is 5.46. The first-order valence-electron chi connectivity index (χ1n) is 6.45. The molecule has 0 amide bonds. The molecule has 0 spiro atoms. The molecule has 0 radical (unpaired) electrons. The van der Waals surface area contributed by atoms with Gasteiger partial charge in [0, 0.05) is 29.4 Å². The van der Waals surface area contributed by atoms with E-state index in [1.165, 1.54) is 0 Å². The average Bonchev–Trinajstić information content (AvgIpc) is 2.36. The Morgan fingerprint density at radius 2 is 2.30 bits per heavy atom. The molecule has 110 valence electrons. The van der Waals surface area contributed by atoms with Crippen LogP contribution in [0.3, 0.4) is 0 Å². The average molecular weight is 315 g/mol. The van der Waals surface area contributed by atoms with Gasteiger partial charge < -0.3 is 20.5 Å². The topological polar surface area (TPSA) is 58.7 Å². The van der Waals surface area contributed by atoms with Crippen molar-refractivity contribution in [2.24, 2.45) is 5.73 Å². The summed E-state index contributed by atoms with van der Waals surface area (Å²) in [5.41, 5.74) is 7.11. The van der Waals surface area contributed by atoms with Gasteiger partial charge in [-0.25, -0.2) is 0 Å². The lowest BCUT2D eigenvalue weighted by molar-refractivity contribution is -0.101. The van der Waals surface area contributed by atoms with E-state index in [0.29, 0.717) is 23.1 Å². The molecule has 20 heavy (non-hydrogen) atoms. The summed E-state index contributed by atoms with van der Waals surface area (Å²) in [5, 5.41) is 10.0. The molecule has 0 saturated carbocycles. The van der Waals surface area contributed by atoms with Crippen molar-refractivity contribution in [2.75, 3.05) is 24.6 Å². The van der Waals surface area contributed by atoms with Gasteiger partial charge in [0.2, 0.25) is 0 Å². The van der Waals surface area contributed by atoms with Gasteiger partial charge in [-0.05, 0) is 32.0 Å². The molecule has 1 aliphatic rings. The molecule has 1 aliphatic heterocycles. The Balaban J connectivity index is 2.39. The van der Waals surface area contributed by atoms with Crippen molar-refractivity contribution >= 4 is 34.5 Å². The summed E-state index contributed by atoms with van der Waals surface area (Å²) in [6.07, 6.45) is -0.239. The molecule has 1 unspecified atom stereocenters. The number of nitrogens with two attached hydrogens (primary N) is 1. The molecule has 1 heterocycles. The van der Waals surface area contributed by atoms with E-state index >= 15 is 0 Å². The molecule has 1 aromatic carbocycles. The number of morpholine rings is 1. The molecule has 3 N–H and O–H groups in total. The fraction of sp³-hybridized carbons (Fsp3) is 0.500. The SMILES string of the molecule is CC1(C)CN(c2cc(Cl)ccc2C(N)=S)CC(CO)O1. The minimum Gasteiger partial charge on any atom is -0.394 e. The molecule has 1 aromatic rings. The minimum atomic E-state index is -0.360. The first-order chi connectivity index (χ1) is 9.32. The van der Waals surface area contributed by atoms with Crippen LogP contribution in [0.25, 0.3) is 0 Å². The second-order valence-corrected chi connectivity index (χ2v) is 6.46. The number of hydrogen-bond donors (Lipinski definition) is 2. The van der Waals surface area contributed by atoms with E-state index in [1.807, 2.05) is 26.0 Å². The Hall–Kier alpha value is -0.880. The number of ether oxygens (including phenoxy) is 1. The lowest BCUT2D eigenvalue weighted by Gasteiger charge is -2.44. The number of aliphatic hydroxyl groups excluding tert-OH is 1. The second-order valence-electron chi connectivity index (χ2n) is 5.59. The van der Waals surface area contributed by atoms with Gasteiger partial charge in [0.05, 0.1) is 18.3 Å². The fourth-order valence-corrected chi connectivity index (χ4v) is 2.89. The molecule has 1 saturated heterocycles. The third kappa shape index (κ3) is 3.41. The van der Waals surface area contributed by atoms with Crippen LogP contribution >= 0.6 is 23.8 Å². The minimum absolute atomic E-state index is 0.0249. The molecule has 2 rings (SSSR count). The molecule has 1 atom stereocenters. The highest BCUT2D eigenvalue weighted by molar-refractivity contribution is 7.80. The summed E-state index contributed by atoms with van der Waals surface area (Å²) in [5.74, 6) is 0. The first-order valence-corrected chi connectivity index (χ1v) is 7.24. The van der Waals surface area contributed by atoms with E-state index in [4.69, 9.17) is 34.3 Å². The van der Waals surface area contributed by atoms with Gasteiger partial charge in [-0.15, -0.1) is 0 Å². The number of benzene rings is 1. The van der Waals surface area contributed by atoms with Crippen molar-refractivity contribution in [2.45, 2.75) is 25.6 Å². The number of thiocarbonyl (C=S) groups is 1. The molecule has 0 bridgehead atoms. The van der Waals surface area contributed by atoms with E-state index in [2.05, 4.69) is 4.90 Å². The maximum atomic E-state index is 9.39. The maximum Gasteiger partial charge on any atom is 0.106 e. The Bertz CT molecular complexity index is 522. The maximum absolute atomic E-state index is 9.39. The van der Waals surface area contributed by atoms with Gasteiger partial charge >= 0.3 is 0 Å². The highest BCUT2D eigenvalue weighted by atomic mass is 35.5. The summed E-state index contributed by atoms with van der Waals surface area (Å²) in [6.45, 7) is 5.22. The van der Waals surface area contributed by atoms with Crippen LogP contribution in [0.2, 0.25) is 5.02 Å². The third-order valence-corrected chi connectivity index (χ3v) is 3.71. The summed E-state index contributed by atoms with van der Waals surface area (Å²) in [7, 11) is 0. The molecule has 0 aliphatic carbocycles. The Morgan fingerprint density at radius 3 is 2.90 bits per heavy atom. The van der Waals surface area contributed by atoms with Crippen molar-refractivity contribution < 1.29 is 9.84 Å². The van der Waals surface area contributed by atoms with Crippen LogP contribution in [0.4, 0.5) is 5.69 Å². The standard InChI is InChI=1S/C14H19ClN2O2S/c1-14(2)8-17(6-10(7-18)19-14)12-5-9(15)3-4-11(12)13(16)20/h3-5,10,18H,6-8H2,1-2H3,(H2,16,20). The van der Waals surface area contributed by atoms with Gasteiger partial charge in [-0.2, -0.15) is 0 Å². The number of nitrogens with zero attached hydrogens (tertiary/aromatic N) is 1. The van der Waals surface area contributed by atoms with Crippen molar-refractivity contribution in [3.8, 4) is 0 Å². The first kappa shape index (κ1) is 15.5. The molecule has 0 aromatic heterocycles.